The van der Waals surface area contributed by atoms with Crippen LogP contribution in [0.15, 0.2) is 45.8 Å². The highest BCUT2D eigenvalue weighted by atomic mass is 16.3. The maximum absolute atomic E-state index is 13.1. The Balaban J connectivity index is 1.77. The van der Waals surface area contributed by atoms with Crippen molar-refractivity contribution in [3.05, 3.63) is 75.2 Å². The lowest BCUT2D eigenvalue weighted by Gasteiger charge is -2.32. The van der Waals surface area contributed by atoms with E-state index in [1.807, 2.05) is 28.9 Å². The molecule has 8 heteroatoms. The Hall–Kier alpha value is -3.26. The molecule has 0 fully saturated rings. The monoisotopic (exact) mass is 462 g/mol. The van der Waals surface area contributed by atoms with Crippen molar-refractivity contribution in [1.29, 1.82) is 0 Å². The largest absolute Gasteiger partial charge is 0.468 e. The van der Waals surface area contributed by atoms with Gasteiger partial charge >= 0.3 is 0 Å². The van der Waals surface area contributed by atoms with Gasteiger partial charge in [0.1, 0.15) is 5.76 Å². The summed E-state index contributed by atoms with van der Waals surface area (Å²) in [5.74, 6) is 1.63. The van der Waals surface area contributed by atoms with E-state index in [1.54, 1.807) is 6.26 Å². The minimum Gasteiger partial charge on any atom is -0.468 e. The maximum Gasteiger partial charge on any atom is 0.252 e. The van der Waals surface area contributed by atoms with Crippen LogP contribution in [0.4, 0.5) is 0 Å². The molecule has 0 aliphatic heterocycles. The van der Waals surface area contributed by atoms with E-state index in [0.29, 0.717) is 18.7 Å². The third kappa shape index (κ3) is 4.68. The molecule has 8 nitrogen and oxygen atoms in total. The van der Waals surface area contributed by atoms with Gasteiger partial charge in [0.25, 0.3) is 5.56 Å². The van der Waals surface area contributed by atoms with Gasteiger partial charge in [-0.2, -0.15) is 0 Å². The molecule has 1 atom stereocenters. The maximum atomic E-state index is 13.1. The van der Waals surface area contributed by atoms with E-state index in [4.69, 9.17) is 4.42 Å². The van der Waals surface area contributed by atoms with Gasteiger partial charge in [0, 0.05) is 17.6 Å². The second-order valence-electron chi connectivity index (χ2n) is 9.67. The number of pyridine rings is 1. The zero-order valence-electron chi connectivity index (χ0n) is 20.9. The first-order valence-electron chi connectivity index (χ1n) is 11.9. The zero-order chi connectivity index (χ0) is 24.5. The van der Waals surface area contributed by atoms with Crippen molar-refractivity contribution >= 4 is 10.9 Å². The number of hydrogen-bond acceptors (Lipinski definition) is 6. The van der Waals surface area contributed by atoms with Crippen LogP contribution in [0.1, 0.15) is 74.9 Å². The Kier molecular flexibility index (Phi) is 6.70. The standard InChI is InChI=1S/C26H34N6O2/c1-7-23(24-28-29-30-32(24)26(5,6)8-2)31(16-21-10-9-11-34-21)15-20-14-19-12-17(3)18(4)13-22(19)27-25(20)33/h9-14,23H,7-8,15-16H2,1-6H3,(H,27,33). The number of benzene rings is 1. The molecule has 0 saturated heterocycles. The van der Waals surface area contributed by atoms with Gasteiger partial charge in [-0.25, -0.2) is 4.68 Å². The van der Waals surface area contributed by atoms with E-state index in [9.17, 15) is 4.79 Å². The first-order valence-corrected chi connectivity index (χ1v) is 11.9. The van der Waals surface area contributed by atoms with Gasteiger partial charge < -0.3 is 9.40 Å². The molecule has 0 spiro atoms. The van der Waals surface area contributed by atoms with Gasteiger partial charge in [0.15, 0.2) is 5.82 Å². The summed E-state index contributed by atoms with van der Waals surface area (Å²) in [6.45, 7) is 13.6. The molecule has 0 bridgehead atoms. The number of nitrogens with zero attached hydrogens (tertiary/aromatic N) is 5. The number of hydrogen-bond donors (Lipinski definition) is 1. The first-order chi connectivity index (χ1) is 16.2. The average molecular weight is 463 g/mol. The molecule has 4 rings (SSSR count). The summed E-state index contributed by atoms with van der Waals surface area (Å²) >= 11 is 0. The zero-order valence-corrected chi connectivity index (χ0v) is 20.9. The molecule has 0 radical (unpaired) electrons. The number of H-pyrrole nitrogens is 1. The molecular weight excluding hydrogens is 428 g/mol. The quantitative estimate of drug-likeness (QED) is 0.375. The molecule has 3 heterocycles. The van der Waals surface area contributed by atoms with Gasteiger partial charge in [0.2, 0.25) is 0 Å². The molecule has 0 aliphatic carbocycles. The lowest BCUT2D eigenvalue weighted by atomic mass is 10.0. The molecule has 1 aromatic carbocycles. The van der Waals surface area contributed by atoms with Crippen LogP contribution in [0.25, 0.3) is 10.9 Å². The molecule has 0 aliphatic rings. The van der Waals surface area contributed by atoms with Crippen LogP contribution >= 0.6 is 0 Å². The van der Waals surface area contributed by atoms with Crippen LogP contribution in [0.5, 0.6) is 0 Å². The highest BCUT2D eigenvalue weighted by Crippen LogP contribution is 2.30. The summed E-state index contributed by atoms with van der Waals surface area (Å²) in [5.41, 5.74) is 3.61. The van der Waals surface area contributed by atoms with Crippen LogP contribution in [0.2, 0.25) is 0 Å². The second-order valence-corrected chi connectivity index (χ2v) is 9.67. The van der Waals surface area contributed by atoms with Crippen LogP contribution in [0, 0.1) is 13.8 Å². The smallest absolute Gasteiger partial charge is 0.252 e. The van der Waals surface area contributed by atoms with Gasteiger partial charge in [-0.05, 0) is 97.8 Å². The first kappa shape index (κ1) is 23.9. The van der Waals surface area contributed by atoms with Crippen LogP contribution in [0.3, 0.4) is 0 Å². The molecule has 1 unspecified atom stereocenters. The highest BCUT2D eigenvalue weighted by Gasteiger charge is 2.31. The van der Waals surface area contributed by atoms with E-state index in [1.165, 1.54) is 5.56 Å². The fourth-order valence-electron chi connectivity index (χ4n) is 4.32. The number of furan rings is 1. The lowest BCUT2D eigenvalue weighted by molar-refractivity contribution is 0.140. The summed E-state index contributed by atoms with van der Waals surface area (Å²) in [4.78, 5) is 18.4. The van der Waals surface area contributed by atoms with Crippen LogP contribution in [-0.4, -0.2) is 30.1 Å². The van der Waals surface area contributed by atoms with Crippen LogP contribution in [-0.2, 0) is 18.6 Å². The number of aryl methyl sites for hydroxylation is 2. The molecule has 1 N–H and O–H groups in total. The third-order valence-electron chi connectivity index (χ3n) is 6.91. The molecule has 180 valence electrons. The summed E-state index contributed by atoms with van der Waals surface area (Å²) in [6.07, 6.45) is 3.35. The number of nitrogens with one attached hydrogen (secondary N) is 1. The Morgan fingerprint density at radius 3 is 2.59 bits per heavy atom. The van der Waals surface area contributed by atoms with Gasteiger partial charge in [-0.3, -0.25) is 9.69 Å². The summed E-state index contributed by atoms with van der Waals surface area (Å²) in [5, 5.41) is 13.8. The minimum atomic E-state index is -0.224. The summed E-state index contributed by atoms with van der Waals surface area (Å²) < 4.78 is 7.60. The number of tetrazole rings is 1. The van der Waals surface area contributed by atoms with Gasteiger partial charge in [-0.1, -0.05) is 13.8 Å². The Labute approximate surface area is 200 Å². The molecule has 3 aromatic heterocycles. The van der Waals surface area contributed by atoms with E-state index in [0.717, 1.165) is 40.9 Å². The fourth-order valence-corrected chi connectivity index (χ4v) is 4.32. The van der Waals surface area contributed by atoms with Crippen molar-refractivity contribution in [3.8, 4) is 0 Å². The van der Waals surface area contributed by atoms with E-state index < -0.39 is 0 Å². The number of aromatic nitrogens is 5. The molecule has 34 heavy (non-hydrogen) atoms. The average Bonchev–Trinajstić information content (AvgIpc) is 3.49. The normalized spacial score (nSPS) is 13.1. The predicted molar refractivity (Wildman–Crippen MR) is 132 cm³/mol. The SMILES string of the molecule is CCC(c1nnnn1C(C)(C)CC)N(Cc1ccco1)Cc1cc2cc(C)c(C)cc2[nH]c1=O. The van der Waals surface area contributed by atoms with Crippen LogP contribution < -0.4 is 5.56 Å². The number of rotatable bonds is 9. The minimum absolute atomic E-state index is 0.0801. The molecule has 4 aromatic rings. The van der Waals surface area contributed by atoms with Crippen molar-refractivity contribution in [2.24, 2.45) is 0 Å². The van der Waals surface area contributed by atoms with Crippen molar-refractivity contribution in [2.45, 2.75) is 79.1 Å². The Morgan fingerprint density at radius 1 is 1.15 bits per heavy atom. The van der Waals surface area contributed by atoms with Crippen molar-refractivity contribution < 1.29 is 4.42 Å². The highest BCUT2D eigenvalue weighted by molar-refractivity contribution is 5.80. The Bertz CT molecular complexity index is 1320. The van der Waals surface area contributed by atoms with Crippen molar-refractivity contribution in [1.82, 2.24) is 30.1 Å². The molecular formula is C26H34N6O2. The van der Waals surface area contributed by atoms with Gasteiger partial charge in [-0.15, -0.1) is 5.10 Å². The van der Waals surface area contributed by atoms with E-state index in [-0.39, 0.29) is 17.1 Å². The molecule has 0 saturated carbocycles. The van der Waals surface area contributed by atoms with Crippen molar-refractivity contribution in [2.75, 3.05) is 0 Å². The predicted octanol–water partition coefficient (Wildman–Crippen LogP) is 5.02. The fraction of sp³-hybridized carbons (Fsp3) is 0.462. The topological polar surface area (TPSA) is 92.8 Å². The van der Waals surface area contributed by atoms with Gasteiger partial charge in [0.05, 0.1) is 24.4 Å². The summed E-state index contributed by atoms with van der Waals surface area (Å²) in [7, 11) is 0. The third-order valence-corrected chi connectivity index (χ3v) is 6.91. The Morgan fingerprint density at radius 2 is 1.91 bits per heavy atom. The lowest BCUT2D eigenvalue weighted by Crippen LogP contribution is -2.36. The summed E-state index contributed by atoms with van der Waals surface area (Å²) in [6, 6.07) is 9.90. The second kappa shape index (κ2) is 9.54. The number of aromatic amines is 1. The molecule has 0 amide bonds. The van der Waals surface area contributed by atoms with E-state index >= 15 is 0 Å². The van der Waals surface area contributed by atoms with E-state index in [2.05, 4.69) is 73.0 Å². The number of fused-ring (bicyclic) bond motifs is 1. The van der Waals surface area contributed by atoms with Crippen molar-refractivity contribution in [3.63, 3.8) is 0 Å².